The number of hydrogen-bond acceptors (Lipinski definition) is 2. The summed E-state index contributed by atoms with van der Waals surface area (Å²) in [6.45, 7) is 0. The molecule has 0 unspecified atom stereocenters. The largest absolute Gasteiger partial charge is 0.237 e. The summed E-state index contributed by atoms with van der Waals surface area (Å²) in [6.07, 6.45) is 4.10. The molecular formula is C19H12ClNS. The first kappa shape index (κ1) is 13.5. The first-order valence-corrected chi connectivity index (χ1v) is 8.21. The van der Waals surface area contributed by atoms with Crippen LogP contribution in [-0.4, -0.2) is 4.98 Å². The van der Waals surface area contributed by atoms with Crippen molar-refractivity contribution in [3.8, 4) is 0 Å². The molecule has 1 nitrogen and oxygen atoms in total. The van der Waals surface area contributed by atoms with Gasteiger partial charge in [0.1, 0.15) is 5.01 Å². The molecule has 4 rings (SSSR count). The Hall–Kier alpha value is -2.16. The van der Waals surface area contributed by atoms with Crippen LogP contribution in [0.1, 0.15) is 10.6 Å². The highest BCUT2D eigenvalue weighted by molar-refractivity contribution is 7.19. The lowest BCUT2D eigenvalue weighted by atomic mass is 10.0. The number of benzene rings is 3. The molecule has 0 fully saturated rings. The fourth-order valence-corrected chi connectivity index (χ4v) is 3.65. The van der Waals surface area contributed by atoms with E-state index in [4.69, 9.17) is 11.6 Å². The maximum Gasteiger partial charge on any atom is 0.117 e. The van der Waals surface area contributed by atoms with Gasteiger partial charge in [0.25, 0.3) is 0 Å². The monoisotopic (exact) mass is 321 g/mol. The van der Waals surface area contributed by atoms with Gasteiger partial charge in [0.05, 0.1) is 10.2 Å². The van der Waals surface area contributed by atoms with Gasteiger partial charge in [-0.3, -0.25) is 0 Å². The zero-order valence-electron chi connectivity index (χ0n) is 11.7. The van der Waals surface area contributed by atoms with Gasteiger partial charge in [-0.05, 0) is 41.1 Å². The molecule has 0 aliphatic heterocycles. The number of thiazole rings is 1. The normalized spacial score (nSPS) is 11.7. The molecule has 0 N–H and O–H groups in total. The van der Waals surface area contributed by atoms with E-state index < -0.39 is 0 Å². The van der Waals surface area contributed by atoms with E-state index in [9.17, 15) is 0 Å². The van der Waals surface area contributed by atoms with E-state index in [1.807, 2.05) is 48.5 Å². The maximum absolute atomic E-state index is 6.38. The highest BCUT2D eigenvalue weighted by Crippen LogP contribution is 2.29. The Bertz CT molecular complexity index is 968. The number of rotatable bonds is 2. The summed E-state index contributed by atoms with van der Waals surface area (Å²) in [7, 11) is 0. The number of hydrogen-bond donors (Lipinski definition) is 0. The van der Waals surface area contributed by atoms with Crippen LogP contribution in [0, 0.1) is 0 Å². The van der Waals surface area contributed by atoms with Gasteiger partial charge in [0.15, 0.2) is 0 Å². The minimum Gasteiger partial charge on any atom is -0.237 e. The second kappa shape index (κ2) is 5.56. The van der Waals surface area contributed by atoms with Gasteiger partial charge in [0.2, 0.25) is 0 Å². The Balaban J connectivity index is 1.81. The lowest BCUT2D eigenvalue weighted by Gasteiger charge is -2.04. The molecule has 0 bridgehead atoms. The Kier molecular flexibility index (Phi) is 3.41. The summed E-state index contributed by atoms with van der Waals surface area (Å²) in [5, 5.41) is 4.10. The van der Waals surface area contributed by atoms with Crippen molar-refractivity contribution >= 4 is 56.1 Å². The van der Waals surface area contributed by atoms with Crippen LogP contribution in [0.2, 0.25) is 5.02 Å². The Morgan fingerprint density at radius 1 is 0.864 bits per heavy atom. The average molecular weight is 322 g/mol. The summed E-state index contributed by atoms with van der Waals surface area (Å²) < 4.78 is 1.20. The zero-order chi connectivity index (χ0) is 14.9. The van der Waals surface area contributed by atoms with E-state index in [1.165, 1.54) is 10.1 Å². The van der Waals surface area contributed by atoms with Crippen molar-refractivity contribution in [1.29, 1.82) is 0 Å². The molecule has 0 saturated heterocycles. The summed E-state index contributed by atoms with van der Waals surface area (Å²) >= 11 is 8.07. The van der Waals surface area contributed by atoms with Crippen LogP contribution in [0.3, 0.4) is 0 Å². The minimum absolute atomic E-state index is 0.760. The molecule has 106 valence electrons. The number of para-hydroxylation sites is 1. The Morgan fingerprint density at radius 2 is 1.68 bits per heavy atom. The molecule has 1 aromatic heterocycles. The van der Waals surface area contributed by atoms with Gasteiger partial charge < -0.3 is 0 Å². The van der Waals surface area contributed by atoms with Crippen LogP contribution in [0.15, 0.2) is 60.7 Å². The SMILES string of the molecule is Clc1ccc2ccccc2c1C=Cc1nc2ccccc2s1. The average Bonchev–Trinajstić information content (AvgIpc) is 2.97. The molecule has 0 radical (unpaired) electrons. The molecule has 3 heteroatoms. The van der Waals surface area contributed by atoms with Gasteiger partial charge >= 0.3 is 0 Å². The molecule has 4 aromatic rings. The van der Waals surface area contributed by atoms with Crippen molar-refractivity contribution < 1.29 is 0 Å². The molecule has 22 heavy (non-hydrogen) atoms. The third-order valence-corrected chi connectivity index (χ3v) is 4.95. The van der Waals surface area contributed by atoms with Crippen LogP contribution >= 0.6 is 22.9 Å². The Morgan fingerprint density at radius 3 is 2.59 bits per heavy atom. The fraction of sp³-hybridized carbons (Fsp3) is 0. The molecule has 0 saturated carbocycles. The van der Waals surface area contributed by atoms with E-state index in [2.05, 4.69) is 29.3 Å². The van der Waals surface area contributed by atoms with Crippen molar-refractivity contribution in [2.75, 3.05) is 0 Å². The van der Waals surface area contributed by atoms with Gasteiger partial charge in [-0.25, -0.2) is 4.98 Å². The first-order valence-electron chi connectivity index (χ1n) is 7.02. The van der Waals surface area contributed by atoms with Gasteiger partial charge in [-0.2, -0.15) is 0 Å². The quantitative estimate of drug-likeness (QED) is 0.424. The van der Waals surface area contributed by atoms with Crippen LogP contribution in [0.25, 0.3) is 33.1 Å². The van der Waals surface area contributed by atoms with Crippen LogP contribution in [0.5, 0.6) is 0 Å². The first-order chi connectivity index (χ1) is 10.8. The predicted octanol–water partition coefficient (Wildman–Crippen LogP) is 6.27. The number of nitrogens with zero attached hydrogens (tertiary/aromatic N) is 1. The third-order valence-electron chi connectivity index (χ3n) is 3.62. The molecule has 0 atom stereocenters. The maximum atomic E-state index is 6.38. The van der Waals surface area contributed by atoms with Crippen molar-refractivity contribution in [2.24, 2.45) is 0 Å². The standard InChI is InChI=1S/C19H12ClNS/c20-16-11-9-13-5-1-2-6-14(13)15(16)10-12-19-21-17-7-3-4-8-18(17)22-19/h1-12H. The van der Waals surface area contributed by atoms with Crippen LogP contribution in [0.4, 0.5) is 0 Å². The van der Waals surface area contributed by atoms with E-state index >= 15 is 0 Å². The molecular weight excluding hydrogens is 310 g/mol. The van der Waals surface area contributed by atoms with E-state index in [0.29, 0.717) is 0 Å². The van der Waals surface area contributed by atoms with E-state index in [0.717, 1.165) is 26.5 Å². The van der Waals surface area contributed by atoms with Gasteiger partial charge in [-0.1, -0.05) is 54.1 Å². The van der Waals surface area contributed by atoms with E-state index in [1.54, 1.807) is 11.3 Å². The highest BCUT2D eigenvalue weighted by atomic mass is 35.5. The lowest BCUT2D eigenvalue weighted by molar-refractivity contribution is 1.46. The van der Waals surface area contributed by atoms with Gasteiger partial charge in [0, 0.05) is 10.6 Å². The lowest BCUT2D eigenvalue weighted by Crippen LogP contribution is -1.80. The third kappa shape index (κ3) is 2.41. The Labute approximate surface area is 137 Å². The number of halogens is 1. The van der Waals surface area contributed by atoms with Crippen LogP contribution < -0.4 is 0 Å². The molecule has 0 spiro atoms. The highest BCUT2D eigenvalue weighted by Gasteiger charge is 2.04. The van der Waals surface area contributed by atoms with Crippen molar-refractivity contribution in [3.63, 3.8) is 0 Å². The second-order valence-corrected chi connectivity index (χ2v) is 6.50. The molecule has 3 aromatic carbocycles. The van der Waals surface area contributed by atoms with Crippen molar-refractivity contribution in [2.45, 2.75) is 0 Å². The molecule has 0 aliphatic rings. The summed E-state index contributed by atoms with van der Waals surface area (Å²) in [5.74, 6) is 0. The van der Waals surface area contributed by atoms with Crippen molar-refractivity contribution in [3.05, 3.63) is 76.3 Å². The summed E-state index contributed by atoms with van der Waals surface area (Å²) in [5.41, 5.74) is 2.08. The molecule has 0 amide bonds. The number of fused-ring (bicyclic) bond motifs is 2. The van der Waals surface area contributed by atoms with Crippen molar-refractivity contribution in [1.82, 2.24) is 4.98 Å². The number of aromatic nitrogens is 1. The fourth-order valence-electron chi connectivity index (χ4n) is 2.55. The van der Waals surface area contributed by atoms with Gasteiger partial charge in [-0.15, -0.1) is 11.3 Å². The molecule has 0 aliphatic carbocycles. The van der Waals surface area contributed by atoms with E-state index in [-0.39, 0.29) is 0 Å². The summed E-state index contributed by atoms with van der Waals surface area (Å²) in [6, 6.07) is 20.4. The minimum atomic E-state index is 0.760. The predicted molar refractivity (Wildman–Crippen MR) is 97.5 cm³/mol. The second-order valence-electron chi connectivity index (χ2n) is 5.04. The molecule has 1 heterocycles. The van der Waals surface area contributed by atoms with Crippen LogP contribution in [-0.2, 0) is 0 Å². The zero-order valence-corrected chi connectivity index (χ0v) is 13.2. The topological polar surface area (TPSA) is 12.9 Å². The smallest absolute Gasteiger partial charge is 0.117 e. The summed E-state index contributed by atoms with van der Waals surface area (Å²) in [4.78, 5) is 4.63.